The number of amides is 2. The molecular formula is C23H25F3N2O3. The lowest BCUT2D eigenvalue weighted by molar-refractivity contribution is -0.137. The van der Waals surface area contributed by atoms with E-state index in [4.69, 9.17) is 4.74 Å². The first-order chi connectivity index (χ1) is 14.6. The highest BCUT2D eigenvalue weighted by Gasteiger charge is 2.32. The number of nitrogens with one attached hydrogen (secondary N) is 1. The largest absolute Gasteiger partial charge is 0.416 e. The van der Waals surface area contributed by atoms with Crippen LogP contribution in [0.25, 0.3) is 0 Å². The van der Waals surface area contributed by atoms with Gasteiger partial charge in [0.2, 0.25) is 5.91 Å². The van der Waals surface area contributed by atoms with Gasteiger partial charge in [0.25, 0.3) is 5.91 Å². The molecule has 2 aromatic carbocycles. The van der Waals surface area contributed by atoms with E-state index in [0.29, 0.717) is 12.3 Å². The van der Waals surface area contributed by atoms with Gasteiger partial charge < -0.3 is 15.0 Å². The monoisotopic (exact) mass is 434 g/mol. The minimum absolute atomic E-state index is 0.118. The molecule has 0 spiro atoms. The summed E-state index contributed by atoms with van der Waals surface area (Å²) in [6, 6.07) is 9.74. The molecule has 31 heavy (non-hydrogen) atoms. The lowest BCUT2D eigenvalue weighted by Crippen LogP contribution is -2.42. The molecule has 0 aromatic heterocycles. The Balaban J connectivity index is 1.80. The highest BCUT2D eigenvalue weighted by Crippen LogP contribution is 2.30. The summed E-state index contributed by atoms with van der Waals surface area (Å²) in [4.78, 5) is 27.0. The predicted octanol–water partition coefficient (Wildman–Crippen LogP) is 4.58. The molecule has 1 unspecified atom stereocenters. The molecule has 0 aliphatic carbocycles. The van der Waals surface area contributed by atoms with Crippen LogP contribution < -0.4 is 5.32 Å². The number of halogens is 3. The van der Waals surface area contributed by atoms with Gasteiger partial charge in [-0.05, 0) is 62.1 Å². The SMILES string of the molecule is Cc1cccc(NC(=O)CN(CC2CCCO2)C(=O)c2cccc(C(F)(F)F)c2)c1C. The van der Waals surface area contributed by atoms with Crippen molar-refractivity contribution in [2.75, 3.05) is 25.0 Å². The van der Waals surface area contributed by atoms with E-state index in [1.807, 2.05) is 26.0 Å². The summed E-state index contributed by atoms with van der Waals surface area (Å²) in [5.41, 5.74) is 1.52. The van der Waals surface area contributed by atoms with Crippen molar-refractivity contribution < 1.29 is 27.5 Å². The number of benzene rings is 2. The average molecular weight is 434 g/mol. The van der Waals surface area contributed by atoms with E-state index < -0.39 is 23.6 Å². The van der Waals surface area contributed by atoms with Crippen LogP contribution in [0.4, 0.5) is 18.9 Å². The molecule has 8 heteroatoms. The van der Waals surface area contributed by atoms with Crippen molar-refractivity contribution >= 4 is 17.5 Å². The van der Waals surface area contributed by atoms with Gasteiger partial charge in [-0.3, -0.25) is 9.59 Å². The van der Waals surface area contributed by atoms with Crippen molar-refractivity contribution in [2.24, 2.45) is 0 Å². The molecular weight excluding hydrogens is 409 g/mol. The van der Waals surface area contributed by atoms with Gasteiger partial charge in [0.15, 0.2) is 0 Å². The van der Waals surface area contributed by atoms with Gasteiger partial charge in [0.05, 0.1) is 11.7 Å². The Morgan fingerprint density at radius 2 is 1.90 bits per heavy atom. The fraction of sp³-hybridized carbons (Fsp3) is 0.391. The standard InChI is InChI=1S/C23H25F3N2O3/c1-15-6-3-10-20(16(15)2)27-21(29)14-28(13-19-9-5-11-31-19)22(30)17-7-4-8-18(12-17)23(24,25)26/h3-4,6-8,10,12,19H,5,9,11,13-14H2,1-2H3,(H,27,29). The van der Waals surface area contributed by atoms with Gasteiger partial charge in [-0.1, -0.05) is 18.2 Å². The summed E-state index contributed by atoms with van der Waals surface area (Å²) in [7, 11) is 0. The number of hydrogen-bond donors (Lipinski definition) is 1. The topological polar surface area (TPSA) is 58.6 Å². The van der Waals surface area contributed by atoms with E-state index in [9.17, 15) is 22.8 Å². The fourth-order valence-electron chi connectivity index (χ4n) is 3.51. The summed E-state index contributed by atoms with van der Waals surface area (Å²) in [5.74, 6) is -1.07. The minimum Gasteiger partial charge on any atom is -0.376 e. The third-order valence-electron chi connectivity index (χ3n) is 5.39. The van der Waals surface area contributed by atoms with Crippen molar-refractivity contribution in [3.63, 3.8) is 0 Å². The Morgan fingerprint density at radius 1 is 1.16 bits per heavy atom. The van der Waals surface area contributed by atoms with Gasteiger partial charge in [-0.25, -0.2) is 0 Å². The first kappa shape index (κ1) is 22.8. The highest BCUT2D eigenvalue weighted by atomic mass is 19.4. The Hall–Kier alpha value is -2.87. The molecule has 5 nitrogen and oxygen atoms in total. The van der Waals surface area contributed by atoms with E-state index in [1.54, 1.807) is 6.07 Å². The normalized spacial score (nSPS) is 16.2. The molecule has 2 amide bonds. The first-order valence-corrected chi connectivity index (χ1v) is 10.1. The minimum atomic E-state index is -4.56. The first-order valence-electron chi connectivity index (χ1n) is 10.1. The van der Waals surface area contributed by atoms with Gasteiger partial charge >= 0.3 is 6.18 Å². The quantitative estimate of drug-likeness (QED) is 0.724. The number of carbonyl (C=O) groups excluding carboxylic acids is 2. The second kappa shape index (κ2) is 9.51. The number of ether oxygens (including phenoxy) is 1. The number of hydrogen-bond acceptors (Lipinski definition) is 3. The molecule has 166 valence electrons. The van der Waals surface area contributed by atoms with Crippen LogP contribution in [0.2, 0.25) is 0 Å². The zero-order valence-corrected chi connectivity index (χ0v) is 17.5. The number of aryl methyl sites for hydroxylation is 1. The van der Waals surface area contributed by atoms with Crippen molar-refractivity contribution in [3.8, 4) is 0 Å². The molecule has 1 atom stereocenters. The molecule has 0 radical (unpaired) electrons. The van der Waals surface area contributed by atoms with E-state index in [-0.39, 0.29) is 24.8 Å². The van der Waals surface area contributed by atoms with Crippen LogP contribution in [0.15, 0.2) is 42.5 Å². The molecule has 1 N–H and O–H groups in total. The van der Waals surface area contributed by atoms with Crippen molar-refractivity contribution in [1.82, 2.24) is 4.90 Å². The number of alkyl halides is 3. The summed E-state index contributed by atoms with van der Waals surface area (Å²) in [6.07, 6.45) is -3.24. The molecule has 1 fully saturated rings. The van der Waals surface area contributed by atoms with Gasteiger partial charge in [-0.2, -0.15) is 13.2 Å². The molecule has 1 aliphatic heterocycles. The molecule has 1 aliphatic rings. The second-order valence-corrected chi connectivity index (χ2v) is 7.69. The lowest BCUT2D eigenvalue weighted by Gasteiger charge is -2.25. The number of nitrogens with zero attached hydrogens (tertiary/aromatic N) is 1. The Kier molecular flexibility index (Phi) is 7.00. The summed E-state index contributed by atoms with van der Waals surface area (Å²) >= 11 is 0. The van der Waals surface area contributed by atoms with E-state index in [0.717, 1.165) is 36.1 Å². The van der Waals surface area contributed by atoms with E-state index >= 15 is 0 Å². The van der Waals surface area contributed by atoms with Crippen molar-refractivity contribution in [1.29, 1.82) is 0 Å². The van der Waals surface area contributed by atoms with Crippen LogP contribution in [0.1, 0.15) is 39.9 Å². The van der Waals surface area contributed by atoms with Gasteiger partial charge in [0, 0.05) is 24.4 Å². The fourth-order valence-corrected chi connectivity index (χ4v) is 3.51. The van der Waals surface area contributed by atoms with E-state index in [1.165, 1.54) is 17.0 Å². The summed E-state index contributed by atoms with van der Waals surface area (Å²) < 4.78 is 44.8. The molecule has 2 aromatic rings. The molecule has 1 saturated heterocycles. The summed E-state index contributed by atoms with van der Waals surface area (Å²) in [5, 5.41) is 2.79. The number of rotatable bonds is 6. The third kappa shape index (κ3) is 5.85. The maximum Gasteiger partial charge on any atom is 0.416 e. The summed E-state index contributed by atoms with van der Waals surface area (Å²) in [6.45, 7) is 4.21. The van der Waals surface area contributed by atoms with E-state index in [2.05, 4.69) is 5.32 Å². The number of carbonyl (C=O) groups is 2. The predicted molar refractivity (Wildman–Crippen MR) is 111 cm³/mol. The Morgan fingerprint density at radius 3 is 2.58 bits per heavy atom. The number of anilines is 1. The zero-order chi connectivity index (χ0) is 22.6. The molecule has 0 bridgehead atoms. The average Bonchev–Trinajstić information content (AvgIpc) is 3.23. The van der Waals surface area contributed by atoms with Crippen LogP contribution in [0.5, 0.6) is 0 Å². The highest BCUT2D eigenvalue weighted by molar-refractivity contribution is 5.99. The lowest BCUT2D eigenvalue weighted by atomic mass is 10.1. The smallest absolute Gasteiger partial charge is 0.376 e. The van der Waals surface area contributed by atoms with Crippen LogP contribution in [0.3, 0.4) is 0 Å². The zero-order valence-electron chi connectivity index (χ0n) is 17.5. The maximum absolute atomic E-state index is 13.1. The molecule has 1 heterocycles. The second-order valence-electron chi connectivity index (χ2n) is 7.69. The van der Waals surface area contributed by atoms with Crippen LogP contribution in [-0.2, 0) is 15.7 Å². The van der Waals surface area contributed by atoms with Gasteiger partial charge in [-0.15, -0.1) is 0 Å². The maximum atomic E-state index is 13.1. The Bertz CT molecular complexity index is 953. The third-order valence-corrected chi connectivity index (χ3v) is 5.39. The molecule has 3 rings (SSSR count). The van der Waals surface area contributed by atoms with Crippen molar-refractivity contribution in [2.45, 2.75) is 39.0 Å². The van der Waals surface area contributed by atoms with Crippen LogP contribution in [0, 0.1) is 13.8 Å². The van der Waals surface area contributed by atoms with Crippen LogP contribution in [-0.4, -0.2) is 42.5 Å². The van der Waals surface area contributed by atoms with Crippen LogP contribution >= 0.6 is 0 Å². The van der Waals surface area contributed by atoms with Crippen molar-refractivity contribution in [3.05, 3.63) is 64.7 Å². The Labute approximate surface area is 179 Å². The molecule has 0 saturated carbocycles. The van der Waals surface area contributed by atoms with Gasteiger partial charge in [0.1, 0.15) is 6.54 Å².